The van der Waals surface area contributed by atoms with Crippen LogP contribution < -0.4 is 15.2 Å². The largest absolute Gasteiger partial charge is 0.486 e. The lowest BCUT2D eigenvalue weighted by atomic mass is 9.92. The zero-order chi connectivity index (χ0) is 15.1. The van der Waals surface area contributed by atoms with Crippen molar-refractivity contribution in [3.63, 3.8) is 0 Å². The third-order valence-electron chi connectivity index (χ3n) is 4.23. The number of aryl methyl sites for hydroxylation is 1. The SMILES string of the molecule is Nc1sc2c(c1C(=O)c1ccc3c(c1)OCCO3)CCCC2. The van der Waals surface area contributed by atoms with E-state index in [-0.39, 0.29) is 5.78 Å². The molecule has 5 heteroatoms. The number of nitrogens with two attached hydrogens (primary N) is 1. The molecule has 0 spiro atoms. The predicted octanol–water partition coefficient (Wildman–Crippen LogP) is 3.21. The molecule has 1 aliphatic heterocycles. The van der Waals surface area contributed by atoms with E-state index >= 15 is 0 Å². The van der Waals surface area contributed by atoms with Gasteiger partial charge in [-0.05, 0) is 49.4 Å². The van der Waals surface area contributed by atoms with E-state index < -0.39 is 0 Å². The van der Waals surface area contributed by atoms with Crippen molar-refractivity contribution in [1.82, 2.24) is 0 Å². The van der Waals surface area contributed by atoms with E-state index in [4.69, 9.17) is 15.2 Å². The third-order valence-corrected chi connectivity index (χ3v) is 5.35. The van der Waals surface area contributed by atoms with Crippen LogP contribution in [0.4, 0.5) is 5.00 Å². The van der Waals surface area contributed by atoms with Gasteiger partial charge in [0, 0.05) is 10.4 Å². The number of anilines is 1. The van der Waals surface area contributed by atoms with Gasteiger partial charge in [-0.1, -0.05) is 0 Å². The Morgan fingerprint density at radius 1 is 1.09 bits per heavy atom. The average molecular weight is 315 g/mol. The van der Waals surface area contributed by atoms with Gasteiger partial charge in [0.1, 0.15) is 13.2 Å². The van der Waals surface area contributed by atoms with Gasteiger partial charge in [0.15, 0.2) is 17.3 Å². The number of ether oxygens (including phenoxy) is 2. The molecule has 0 amide bonds. The van der Waals surface area contributed by atoms with E-state index in [2.05, 4.69) is 0 Å². The van der Waals surface area contributed by atoms with Gasteiger partial charge in [0.25, 0.3) is 0 Å². The van der Waals surface area contributed by atoms with Crippen LogP contribution in [0.3, 0.4) is 0 Å². The monoisotopic (exact) mass is 315 g/mol. The Bertz CT molecular complexity index is 751. The summed E-state index contributed by atoms with van der Waals surface area (Å²) < 4.78 is 11.1. The van der Waals surface area contributed by atoms with E-state index in [1.54, 1.807) is 29.5 Å². The lowest BCUT2D eigenvalue weighted by Crippen LogP contribution is -2.16. The Labute approximate surface area is 132 Å². The van der Waals surface area contributed by atoms with Crippen molar-refractivity contribution in [3.8, 4) is 11.5 Å². The molecule has 1 aliphatic carbocycles. The Morgan fingerprint density at radius 2 is 1.86 bits per heavy atom. The molecular formula is C17H17NO3S. The van der Waals surface area contributed by atoms with Crippen LogP contribution in [0.2, 0.25) is 0 Å². The highest BCUT2D eigenvalue weighted by Crippen LogP contribution is 2.38. The van der Waals surface area contributed by atoms with Crippen LogP contribution in [0.5, 0.6) is 11.5 Å². The summed E-state index contributed by atoms with van der Waals surface area (Å²) in [6, 6.07) is 5.36. The number of fused-ring (bicyclic) bond motifs is 2. The van der Waals surface area contributed by atoms with Gasteiger partial charge in [-0.2, -0.15) is 0 Å². The fourth-order valence-electron chi connectivity index (χ4n) is 3.17. The molecule has 0 radical (unpaired) electrons. The molecule has 2 aromatic rings. The van der Waals surface area contributed by atoms with Gasteiger partial charge in [-0.25, -0.2) is 0 Å². The summed E-state index contributed by atoms with van der Waals surface area (Å²) in [4.78, 5) is 14.2. The topological polar surface area (TPSA) is 61.6 Å². The van der Waals surface area contributed by atoms with Gasteiger partial charge in [-0.15, -0.1) is 11.3 Å². The molecule has 4 rings (SSSR count). The van der Waals surface area contributed by atoms with Crippen LogP contribution in [0.1, 0.15) is 39.2 Å². The minimum Gasteiger partial charge on any atom is -0.486 e. The van der Waals surface area contributed by atoms with Crippen LogP contribution in [-0.4, -0.2) is 19.0 Å². The molecule has 1 aromatic carbocycles. The molecule has 4 nitrogen and oxygen atoms in total. The maximum Gasteiger partial charge on any atom is 0.196 e. The molecule has 2 N–H and O–H groups in total. The summed E-state index contributed by atoms with van der Waals surface area (Å²) in [5, 5.41) is 0.645. The van der Waals surface area contributed by atoms with E-state index in [9.17, 15) is 4.79 Å². The molecule has 0 fully saturated rings. The number of hydrogen-bond acceptors (Lipinski definition) is 5. The number of rotatable bonds is 2. The number of benzene rings is 1. The second-order valence-corrected chi connectivity index (χ2v) is 6.77. The molecule has 0 atom stereocenters. The lowest BCUT2D eigenvalue weighted by molar-refractivity contribution is 0.103. The van der Waals surface area contributed by atoms with Crippen molar-refractivity contribution in [2.24, 2.45) is 0 Å². The highest BCUT2D eigenvalue weighted by atomic mass is 32.1. The highest BCUT2D eigenvalue weighted by molar-refractivity contribution is 7.16. The first-order chi connectivity index (χ1) is 10.7. The van der Waals surface area contributed by atoms with Crippen molar-refractivity contribution in [3.05, 3.63) is 39.8 Å². The highest BCUT2D eigenvalue weighted by Gasteiger charge is 2.25. The molecule has 0 bridgehead atoms. The van der Waals surface area contributed by atoms with Gasteiger partial charge in [0.05, 0.1) is 10.6 Å². The standard InChI is InChI=1S/C17H17NO3S/c18-17-15(11-3-1-2-4-14(11)22-17)16(19)10-5-6-12-13(9-10)21-8-7-20-12/h5-6,9H,1-4,7-8,18H2. The number of carbonyl (C=O) groups is 1. The van der Waals surface area contributed by atoms with Gasteiger partial charge >= 0.3 is 0 Å². The number of hydrogen-bond donors (Lipinski definition) is 1. The van der Waals surface area contributed by atoms with Crippen molar-refractivity contribution in [2.75, 3.05) is 18.9 Å². The minimum absolute atomic E-state index is 0.00567. The number of thiophene rings is 1. The maximum absolute atomic E-state index is 12.9. The molecule has 1 aromatic heterocycles. The summed E-state index contributed by atoms with van der Waals surface area (Å²) in [7, 11) is 0. The van der Waals surface area contributed by atoms with Crippen molar-refractivity contribution < 1.29 is 14.3 Å². The number of nitrogen functional groups attached to an aromatic ring is 1. The Balaban J connectivity index is 1.74. The van der Waals surface area contributed by atoms with Crippen LogP contribution in [0, 0.1) is 0 Å². The minimum atomic E-state index is -0.00567. The zero-order valence-electron chi connectivity index (χ0n) is 12.2. The Hall–Kier alpha value is -2.01. The summed E-state index contributed by atoms with van der Waals surface area (Å²) in [6.45, 7) is 1.06. The summed E-state index contributed by atoms with van der Waals surface area (Å²) in [5.41, 5.74) is 8.62. The quantitative estimate of drug-likeness (QED) is 0.865. The first-order valence-corrected chi connectivity index (χ1v) is 8.40. The zero-order valence-corrected chi connectivity index (χ0v) is 13.0. The van der Waals surface area contributed by atoms with Crippen molar-refractivity contribution in [2.45, 2.75) is 25.7 Å². The van der Waals surface area contributed by atoms with Crippen LogP contribution >= 0.6 is 11.3 Å². The molecule has 2 heterocycles. The van der Waals surface area contributed by atoms with Crippen molar-refractivity contribution in [1.29, 1.82) is 0 Å². The average Bonchev–Trinajstić information content (AvgIpc) is 2.89. The van der Waals surface area contributed by atoms with E-state index in [1.165, 1.54) is 11.3 Å². The Morgan fingerprint density at radius 3 is 2.73 bits per heavy atom. The fourth-order valence-corrected chi connectivity index (χ4v) is 4.32. The third kappa shape index (κ3) is 2.16. The molecule has 2 aliphatic rings. The van der Waals surface area contributed by atoms with E-state index in [0.29, 0.717) is 40.8 Å². The normalized spacial score (nSPS) is 16.2. The second kappa shape index (κ2) is 5.32. The molecule has 114 valence electrons. The lowest BCUT2D eigenvalue weighted by Gasteiger charge is -2.19. The summed E-state index contributed by atoms with van der Waals surface area (Å²) in [5.74, 6) is 1.33. The van der Waals surface area contributed by atoms with Crippen LogP contribution in [0.15, 0.2) is 18.2 Å². The second-order valence-electron chi connectivity index (χ2n) is 5.64. The summed E-state index contributed by atoms with van der Waals surface area (Å²) >= 11 is 1.57. The molecule has 0 saturated carbocycles. The van der Waals surface area contributed by atoms with Crippen LogP contribution in [-0.2, 0) is 12.8 Å². The first kappa shape index (κ1) is 13.6. The molecule has 0 unspecified atom stereocenters. The van der Waals surface area contributed by atoms with E-state index in [0.717, 1.165) is 24.8 Å². The molecular weight excluding hydrogens is 298 g/mol. The number of carbonyl (C=O) groups excluding carboxylic acids is 1. The molecule has 0 saturated heterocycles. The Kier molecular flexibility index (Phi) is 3.30. The van der Waals surface area contributed by atoms with Crippen molar-refractivity contribution >= 4 is 22.1 Å². The smallest absolute Gasteiger partial charge is 0.196 e. The summed E-state index contributed by atoms with van der Waals surface area (Å²) in [6.07, 6.45) is 4.31. The number of ketones is 1. The first-order valence-electron chi connectivity index (χ1n) is 7.58. The maximum atomic E-state index is 12.9. The predicted molar refractivity (Wildman–Crippen MR) is 86.2 cm³/mol. The van der Waals surface area contributed by atoms with Crippen LogP contribution in [0.25, 0.3) is 0 Å². The van der Waals surface area contributed by atoms with E-state index in [1.807, 2.05) is 0 Å². The molecule has 22 heavy (non-hydrogen) atoms. The van der Waals surface area contributed by atoms with Gasteiger partial charge < -0.3 is 15.2 Å². The fraction of sp³-hybridized carbons (Fsp3) is 0.353. The van der Waals surface area contributed by atoms with Gasteiger partial charge in [0.2, 0.25) is 0 Å². The van der Waals surface area contributed by atoms with Gasteiger partial charge in [-0.3, -0.25) is 4.79 Å².